The molecule has 0 amide bonds. The Labute approximate surface area is 89.9 Å². The second-order valence-electron chi connectivity index (χ2n) is 3.61. The summed E-state index contributed by atoms with van der Waals surface area (Å²) >= 11 is 0. The van der Waals surface area contributed by atoms with E-state index in [1.54, 1.807) is 0 Å². The maximum atomic E-state index is 11.4. The second kappa shape index (κ2) is 4.20. The minimum absolute atomic E-state index is 0.109. The highest BCUT2D eigenvalue weighted by Gasteiger charge is 2.35. The van der Waals surface area contributed by atoms with Gasteiger partial charge in [-0.15, -0.1) is 0 Å². The average molecular weight is 228 g/mol. The first-order valence-corrected chi connectivity index (χ1v) is 4.88. The van der Waals surface area contributed by atoms with Crippen LogP contribution in [0.4, 0.5) is 0 Å². The molecular weight excluding hydrogens is 216 g/mol. The topological polar surface area (TPSA) is 105 Å². The Morgan fingerprint density at radius 2 is 2.31 bits per heavy atom. The Bertz CT molecular complexity index is 451. The van der Waals surface area contributed by atoms with Crippen molar-refractivity contribution in [2.24, 2.45) is 0 Å². The van der Waals surface area contributed by atoms with E-state index < -0.39 is 29.7 Å². The Morgan fingerprint density at radius 1 is 1.56 bits per heavy atom. The quantitative estimate of drug-likeness (QED) is 0.552. The van der Waals surface area contributed by atoms with E-state index in [2.05, 4.69) is 4.98 Å². The monoisotopic (exact) mass is 228 g/mol. The Kier molecular flexibility index (Phi) is 2.90. The number of aliphatic hydroxyl groups excluding tert-OH is 2. The molecule has 7 nitrogen and oxygen atoms in total. The number of nitrogens with zero attached hydrogens (tertiary/aromatic N) is 1. The third-order valence-corrected chi connectivity index (χ3v) is 2.56. The molecule has 88 valence electrons. The molecule has 0 radical (unpaired) electrons. The van der Waals surface area contributed by atoms with Gasteiger partial charge in [-0.2, -0.15) is 0 Å². The predicted octanol–water partition coefficient (Wildman–Crippen LogP) is -1.82. The molecule has 16 heavy (non-hydrogen) atoms. The summed E-state index contributed by atoms with van der Waals surface area (Å²) < 4.78 is 6.10. The van der Waals surface area contributed by atoms with Crippen LogP contribution in [0, 0.1) is 0 Å². The molecule has 1 aromatic rings. The summed E-state index contributed by atoms with van der Waals surface area (Å²) in [5.74, 6) is 0. The van der Waals surface area contributed by atoms with Crippen molar-refractivity contribution in [3.05, 3.63) is 33.1 Å². The van der Waals surface area contributed by atoms with Gasteiger partial charge in [0.05, 0.1) is 12.7 Å². The van der Waals surface area contributed by atoms with Crippen LogP contribution < -0.4 is 11.2 Å². The smallest absolute Gasteiger partial charge is 0.330 e. The fourth-order valence-corrected chi connectivity index (χ4v) is 1.74. The van der Waals surface area contributed by atoms with Crippen molar-refractivity contribution in [3.63, 3.8) is 0 Å². The van der Waals surface area contributed by atoms with E-state index >= 15 is 0 Å². The van der Waals surface area contributed by atoms with Crippen LogP contribution in [-0.2, 0) is 4.74 Å². The van der Waals surface area contributed by atoms with Gasteiger partial charge >= 0.3 is 5.69 Å². The number of aromatic amines is 1. The van der Waals surface area contributed by atoms with Crippen molar-refractivity contribution in [1.29, 1.82) is 0 Å². The van der Waals surface area contributed by atoms with E-state index in [4.69, 9.17) is 9.84 Å². The van der Waals surface area contributed by atoms with Crippen LogP contribution in [0.5, 0.6) is 0 Å². The van der Waals surface area contributed by atoms with Crippen molar-refractivity contribution in [2.75, 3.05) is 6.61 Å². The fourth-order valence-electron chi connectivity index (χ4n) is 1.74. The van der Waals surface area contributed by atoms with Gasteiger partial charge < -0.3 is 19.9 Å². The zero-order valence-electron chi connectivity index (χ0n) is 8.37. The first-order chi connectivity index (χ1) is 7.63. The van der Waals surface area contributed by atoms with Crippen LogP contribution in [0.3, 0.4) is 0 Å². The Morgan fingerprint density at radius 3 is 2.88 bits per heavy atom. The van der Waals surface area contributed by atoms with Gasteiger partial charge in [0.1, 0.15) is 12.3 Å². The van der Waals surface area contributed by atoms with Gasteiger partial charge in [-0.25, -0.2) is 9.36 Å². The maximum absolute atomic E-state index is 11.4. The molecule has 1 aliphatic heterocycles. The number of aliphatic hydroxyl groups is 2. The molecule has 0 aliphatic carbocycles. The van der Waals surface area contributed by atoms with Crippen molar-refractivity contribution >= 4 is 0 Å². The van der Waals surface area contributed by atoms with Gasteiger partial charge in [-0.05, 0) is 0 Å². The molecule has 0 spiro atoms. The highest BCUT2D eigenvalue weighted by Crippen LogP contribution is 2.26. The van der Waals surface area contributed by atoms with Gasteiger partial charge in [0.25, 0.3) is 5.56 Å². The third-order valence-electron chi connectivity index (χ3n) is 2.56. The van der Waals surface area contributed by atoms with Gasteiger partial charge in [-0.1, -0.05) is 0 Å². The molecule has 7 heteroatoms. The summed E-state index contributed by atoms with van der Waals surface area (Å²) in [4.78, 5) is 25.2. The summed E-state index contributed by atoms with van der Waals surface area (Å²) in [5, 5.41) is 18.4. The van der Waals surface area contributed by atoms with E-state index in [0.29, 0.717) is 0 Å². The zero-order valence-corrected chi connectivity index (χ0v) is 8.37. The normalized spacial score (nSPS) is 29.5. The number of hydrogen-bond donors (Lipinski definition) is 3. The van der Waals surface area contributed by atoms with Gasteiger partial charge in [-0.3, -0.25) is 4.79 Å². The predicted molar refractivity (Wildman–Crippen MR) is 52.9 cm³/mol. The lowest BCUT2D eigenvalue weighted by molar-refractivity contribution is -0.0469. The number of ether oxygens (including phenoxy) is 1. The summed E-state index contributed by atoms with van der Waals surface area (Å²) in [6.45, 7) is -0.350. The molecule has 0 aromatic carbocycles. The minimum atomic E-state index is -0.874. The molecule has 2 rings (SSSR count). The van der Waals surface area contributed by atoms with E-state index in [0.717, 1.165) is 4.57 Å². The van der Waals surface area contributed by atoms with E-state index in [9.17, 15) is 14.7 Å². The number of hydrogen-bond acceptors (Lipinski definition) is 5. The molecule has 3 atom stereocenters. The van der Waals surface area contributed by atoms with Crippen molar-refractivity contribution in [1.82, 2.24) is 9.55 Å². The number of nitrogens with one attached hydrogen (secondary N) is 1. The third kappa shape index (κ3) is 1.80. The molecule has 1 aromatic heterocycles. The molecule has 0 saturated carbocycles. The Balaban J connectivity index is 2.34. The van der Waals surface area contributed by atoms with E-state index in [-0.39, 0.29) is 13.0 Å². The molecule has 3 N–H and O–H groups in total. The van der Waals surface area contributed by atoms with Gasteiger partial charge in [0, 0.05) is 18.7 Å². The molecular formula is C9H12N2O5. The highest BCUT2D eigenvalue weighted by molar-refractivity contribution is 4.88. The zero-order chi connectivity index (χ0) is 11.7. The SMILES string of the molecule is O=c1cc[nH]c(=O)n1C1C[C@H](O)[C@@H](CO)O1. The standard InChI is InChI=1S/C9H12N2O5/c12-4-6-5(13)3-8(16-6)11-7(14)1-2-10-9(11)15/h1-2,5-6,8,12-13H,3-4H2,(H,10,15)/t5-,6+,8?/m0/s1. The van der Waals surface area contributed by atoms with Crippen LogP contribution >= 0.6 is 0 Å². The van der Waals surface area contributed by atoms with Crippen LogP contribution in [-0.4, -0.2) is 38.6 Å². The molecule has 2 heterocycles. The van der Waals surface area contributed by atoms with Crippen molar-refractivity contribution < 1.29 is 14.9 Å². The summed E-state index contributed by atoms with van der Waals surface area (Å²) in [6.07, 6.45) is -1.10. The van der Waals surface area contributed by atoms with Crippen molar-refractivity contribution in [3.8, 4) is 0 Å². The molecule has 0 bridgehead atoms. The number of H-pyrrole nitrogens is 1. The fraction of sp³-hybridized carbons (Fsp3) is 0.556. The number of aromatic nitrogens is 2. The first-order valence-electron chi connectivity index (χ1n) is 4.88. The van der Waals surface area contributed by atoms with Crippen LogP contribution in [0.15, 0.2) is 21.9 Å². The van der Waals surface area contributed by atoms with Crippen LogP contribution in [0.2, 0.25) is 0 Å². The lowest BCUT2D eigenvalue weighted by atomic mass is 10.2. The van der Waals surface area contributed by atoms with Crippen molar-refractivity contribution in [2.45, 2.75) is 24.9 Å². The minimum Gasteiger partial charge on any atom is -0.394 e. The van der Waals surface area contributed by atoms with Gasteiger partial charge in [0.15, 0.2) is 0 Å². The maximum Gasteiger partial charge on any atom is 0.330 e. The average Bonchev–Trinajstić information content (AvgIpc) is 2.59. The molecule has 1 unspecified atom stereocenters. The van der Waals surface area contributed by atoms with Gasteiger partial charge in [0.2, 0.25) is 0 Å². The molecule has 1 fully saturated rings. The summed E-state index contributed by atoms with van der Waals surface area (Å²) in [5.41, 5.74) is -1.09. The molecule has 1 saturated heterocycles. The molecule has 1 aliphatic rings. The first kappa shape index (κ1) is 11.1. The second-order valence-corrected chi connectivity index (χ2v) is 3.61. The lowest BCUT2D eigenvalue weighted by Gasteiger charge is -2.12. The summed E-state index contributed by atoms with van der Waals surface area (Å²) in [6, 6.07) is 1.20. The largest absolute Gasteiger partial charge is 0.394 e. The van der Waals surface area contributed by atoms with E-state index in [1.807, 2.05) is 0 Å². The van der Waals surface area contributed by atoms with E-state index in [1.165, 1.54) is 12.3 Å². The van der Waals surface area contributed by atoms with Crippen LogP contribution in [0.1, 0.15) is 12.6 Å². The lowest BCUT2D eigenvalue weighted by Crippen LogP contribution is -2.37. The highest BCUT2D eigenvalue weighted by atomic mass is 16.5. The number of rotatable bonds is 2. The van der Waals surface area contributed by atoms with Crippen LogP contribution in [0.25, 0.3) is 0 Å². The summed E-state index contributed by atoms with van der Waals surface area (Å²) in [7, 11) is 0. The Hall–Kier alpha value is -1.44.